The van der Waals surface area contributed by atoms with Crippen molar-refractivity contribution in [2.24, 2.45) is 0 Å². The van der Waals surface area contributed by atoms with Crippen LogP contribution >= 0.6 is 15.9 Å². The van der Waals surface area contributed by atoms with Gasteiger partial charge in [0.05, 0.1) is 11.9 Å². The van der Waals surface area contributed by atoms with Crippen LogP contribution in [0, 0.1) is 0 Å². The lowest BCUT2D eigenvalue weighted by Crippen LogP contribution is -2.47. The minimum absolute atomic E-state index is 0.290. The normalized spacial score (nSPS) is 18.1. The zero-order valence-corrected chi connectivity index (χ0v) is 16.4. The summed E-state index contributed by atoms with van der Waals surface area (Å²) < 4.78 is 7.58. The quantitative estimate of drug-likeness (QED) is 0.712. The Kier molecular flexibility index (Phi) is 5.16. The zero-order chi connectivity index (χ0) is 15.7. The van der Waals surface area contributed by atoms with Gasteiger partial charge >= 0.3 is 0 Å². The SMILES string of the molecule is CC(C)(C)[Si](C)(C)OC1CCN(c2cncc(Br)c2)CC1. The Labute approximate surface area is 138 Å². The first kappa shape index (κ1) is 17.0. The molecule has 0 amide bonds. The van der Waals surface area contributed by atoms with Crippen molar-refractivity contribution in [3.63, 3.8) is 0 Å². The fourth-order valence-electron chi connectivity index (χ4n) is 2.40. The molecular formula is C16H27BrN2OSi. The van der Waals surface area contributed by atoms with Crippen LogP contribution < -0.4 is 4.90 Å². The van der Waals surface area contributed by atoms with E-state index in [2.05, 4.69) is 65.7 Å². The molecule has 1 aromatic heterocycles. The van der Waals surface area contributed by atoms with E-state index in [1.165, 1.54) is 5.69 Å². The van der Waals surface area contributed by atoms with Crippen LogP contribution in [0.3, 0.4) is 0 Å². The average Bonchev–Trinajstić information content (AvgIpc) is 2.38. The van der Waals surface area contributed by atoms with E-state index in [0.29, 0.717) is 11.1 Å². The minimum atomic E-state index is -1.64. The van der Waals surface area contributed by atoms with Crippen LogP contribution in [0.1, 0.15) is 33.6 Å². The van der Waals surface area contributed by atoms with Crippen molar-refractivity contribution in [3.05, 3.63) is 22.9 Å². The van der Waals surface area contributed by atoms with E-state index in [1.807, 2.05) is 12.4 Å². The number of aromatic nitrogens is 1. The van der Waals surface area contributed by atoms with E-state index in [0.717, 1.165) is 30.4 Å². The van der Waals surface area contributed by atoms with Crippen LogP contribution in [0.5, 0.6) is 0 Å². The largest absolute Gasteiger partial charge is 0.414 e. The van der Waals surface area contributed by atoms with Gasteiger partial charge in [0, 0.05) is 29.9 Å². The summed E-state index contributed by atoms with van der Waals surface area (Å²) in [5, 5.41) is 0.290. The lowest BCUT2D eigenvalue weighted by Gasteiger charge is -2.42. The predicted octanol–water partition coefficient (Wildman–Crippen LogP) is 4.83. The summed E-state index contributed by atoms with van der Waals surface area (Å²) in [4.78, 5) is 6.66. The van der Waals surface area contributed by atoms with E-state index >= 15 is 0 Å². The van der Waals surface area contributed by atoms with Crippen LogP contribution in [0.15, 0.2) is 22.9 Å². The van der Waals surface area contributed by atoms with Gasteiger partial charge in [0.2, 0.25) is 0 Å². The van der Waals surface area contributed by atoms with Crippen LogP contribution in [0.2, 0.25) is 18.1 Å². The molecule has 3 nitrogen and oxygen atoms in total. The van der Waals surface area contributed by atoms with Crippen LogP contribution in [-0.4, -0.2) is 32.5 Å². The van der Waals surface area contributed by atoms with Crippen molar-refractivity contribution < 1.29 is 4.43 Å². The number of anilines is 1. The summed E-state index contributed by atoms with van der Waals surface area (Å²) in [6.45, 7) is 13.7. The van der Waals surface area contributed by atoms with Crippen molar-refractivity contribution in [2.45, 2.75) is 57.8 Å². The lowest BCUT2D eigenvalue weighted by molar-refractivity contribution is 0.152. The predicted molar refractivity (Wildman–Crippen MR) is 95.5 cm³/mol. The number of halogens is 1. The molecule has 0 aromatic carbocycles. The van der Waals surface area contributed by atoms with Crippen molar-refractivity contribution in [1.82, 2.24) is 4.98 Å². The Morgan fingerprint density at radius 2 is 1.86 bits per heavy atom. The Morgan fingerprint density at radius 3 is 2.38 bits per heavy atom. The summed E-state index contributed by atoms with van der Waals surface area (Å²) in [6, 6.07) is 2.14. The molecule has 1 aromatic rings. The lowest BCUT2D eigenvalue weighted by atomic mass is 10.1. The number of rotatable bonds is 3. The van der Waals surface area contributed by atoms with Crippen LogP contribution in [-0.2, 0) is 4.43 Å². The third-order valence-corrected chi connectivity index (χ3v) is 9.73. The van der Waals surface area contributed by atoms with Crippen molar-refractivity contribution >= 4 is 29.9 Å². The monoisotopic (exact) mass is 370 g/mol. The number of hydrogen-bond donors (Lipinski definition) is 0. The molecule has 2 rings (SSSR count). The molecule has 0 radical (unpaired) electrons. The summed E-state index contributed by atoms with van der Waals surface area (Å²) in [6.07, 6.45) is 6.41. The molecule has 1 aliphatic heterocycles. The topological polar surface area (TPSA) is 25.4 Å². The van der Waals surface area contributed by atoms with Gasteiger partial charge in [-0.15, -0.1) is 0 Å². The third kappa shape index (κ3) is 4.30. The highest BCUT2D eigenvalue weighted by atomic mass is 79.9. The van der Waals surface area contributed by atoms with E-state index in [1.54, 1.807) is 0 Å². The highest BCUT2D eigenvalue weighted by molar-refractivity contribution is 9.10. The highest BCUT2D eigenvalue weighted by Crippen LogP contribution is 2.38. The molecule has 1 aliphatic rings. The standard InChI is InChI=1S/C16H27BrN2OSi/c1-16(2,3)21(4,5)20-15-6-8-19(9-7-15)14-10-13(17)11-18-12-14/h10-12,15H,6-9H2,1-5H3. The molecular weight excluding hydrogens is 344 g/mol. The summed E-state index contributed by atoms with van der Waals surface area (Å²) >= 11 is 3.49. The van der Waals surface area contributed by atoms with Gasteiger partial charge in [0.25, 0.3) is 0 Å². The first-order valence-corrected chi connectivity index (χ1v) is 11.4. The molecule has 0 N–H and O–H groups in total. The molecule has 118 valence electrons. The average molecular weight is 371 g/mol. The first-order chi connectivity index (χ1) is 9.69. The fourth-order valence-corrected chi connectivity index (χ4v) is 4.17. The third-order valence-electron chi connectivity index (χ3n) is 4.77. The summed E-state index contributed by atoms with van der Waals surface area (Å²) in [7, 11) is -1.64. The number of hydrogen-bond acceptors (Lipinski definition) is 3. The van der Waals surface area contributed by atoms with Crippen molar-refractivity contribution in [1.29, 1.82) is 0 Å². The second-order valence-electron chi connectivity index (χ2n) is 7.43. The Morgan fingerprint density at radius 1 is 1.24 bits per heavy atom. The smallest absolute Gasteiger partial charge is 0.192 e. The van der Waals surface area contributed by atoms with E-state index in [9.17, 15) is 0 Å². The first-order valence-electron chi connectivity index (χ1n) is 7.72. The Bertz CT molecular complexity index is 479. The number of nitrogens with zero attached hydrogens (tertiary/aromatic N) is 2. The molecule has 1 fully saturated rings. The summed E-state index contributed by atoms with van der Waals surface area (Å²) in [5.41, 5.74) is 1.20. The van der Waals surface area contributed by atoms with Gasteiger partial charge in [-0.2, -0.15) is 0 Å². The number of pyridine rings is 1. The molecule has 21 heavy (non-hydrogen) atoms. The second-order valence-corrected chi connectivity index (χ2v) is 13.1. The van der Waals surface area contributed by atoms with Gasteiger partial charge in [-0.3, -0.25) is 4.98 Å². The van der Waals surface area contributed by atoms with Crippen LogP contribution in [0.4, 0.5) is 5.69 Å². The van der Waals surface area contributed by atoms with Gasteiger partial charge in [0.1, 0.15) is 0 Å². The molecule has 0 unspecified atom stereocenters. The maximum absolute atomic E-state index is 6.54. The fraction of sp³-hybridized carbons (Fsp3) is 0.688. The molecule has 0 saturated carbocycles. The minimum Gasteiger partial charge on any atom is -0.414 e. The van der Waals surface area contributed by atoms with Crippen molar-refractivity contribution in [3.8, 4) is 0 Å². The van der Waals surface area contributed by atoms with Gasteiger partial charge in [-0.05, 0) is 53.0 Å². The maximum atomic E-state index is 6.54. The highest BCUT2D eigenvalue weighted by Gasteiger charge is 2.39. The molecule has 0 atom stereocenters. The molecule has 0 bridgehead atoms. The van der Waals surface area contributed by atoms with E-state index < -0.39 is 8.32 Å². The van der Waals surface area contributed by atoms with Gasteiger partial charge in [0.15, 0.2) is 8.32 Å². The van der Waals surface area contributed by atoms with E-state index in [4.69, 9.17) is 4.43 Å². The maximum Gasteiger partial charge on any atom is 0.192 e. The van der Waals surface area contributed by atoms with Gasteiger partial charge in [-0.1, -0.05) is 20.8 Å². The molecule has 0 spiro atoms. The Balaban J connectivity index is 1.92. The van der Waals surface area contributed by atoms with E-state index in [-0.39, 0.29) is 0 Å². The Hall–Kier alpha value is -0.393. The molecule has 0 aliphatic carbocycles. The zero-order valence-electron chi connectivity index (χ0n) is 13.8. The molecule has 2 heterocycles. The van der Waals surface area contributed by atoms with Gasteiger partial charge < -0.3 is 9.33 Å². The second kappa shape index (κ2) is 6.38. The van der Waals surface area contributed by atoms with Crippen LogP contribution in [0.25, 0.3) is 0 Å². The van der Waals surface area contributed by atoms with Gasteiger partial charge in [-0.25, -0.2) is 0 Å². The summed E-state index contributed by atoms with van der Waals surface area (Å²) in [5.74, 6) is 0. The molecule has 1 saturated heterocycles. The number of piperidine rings is 1. The van der Waals surface area contributed by atoms with Crippen molar-refractivity contribution in [2.75, 3.05) is 18.0 Å². The molecule has 5 heteroatoms.